The van der Waals surface area contributed by atoms with Gasteiger partial charge in [0.1, 0.15) is 23.0 Å². The lowest BCUT2D eigenvalue weighted by molar-refractivity contribution is 0.152. The molecule has 0 saturated carbocycles. The first kappa shape index (κ1) is 7.65. The van der Waals surface area contributed by atoms with Crippen LogP contribution in [0.25, 0.3) is 0 Å². The molecule has 0 bridgehead atoms. The third-order valence-corrected chi connectivity index (χ3v) is 1.50. The highest BCUT2D eigenvalue weighted by Crippen LogP contribution is 2.00. The Morgan fingerprint density at radius 3 is 2.43 bits per heavy atom. The molecule has 0 aliphatic rings. The summed E-state index contributed by atoms with van der Waals surface area (Å²) in [6.07, 6.45) is 0.903. The lowest BCUT2D eigenvalue weighted by Gasteiger charge is -2.03. The van der Waals surface area contributed by atoms with Crippen LogP contribution in [0.15, 0.2) is 0 Å². The maximum Gasteiger partial charge on any atom is 0.110 e. The van der Waals surface area contributed by atoms with Crippen molar-refractivity contribution >= 4 is 23.0 Å². The number of hydrogen-bond acceptors (Lipinski definition) is 2. The molecular weight excluding hydrogens is 207 g/mol. The summed E-state index contributed by atoms with van der Waals surface area (Å²) in [5.41, 5.74) is 0. The van der Waals surface area contributed by atoms with Crippen LogP contribution in [0.2, 0.25) is 0 Å². The number of aliphatic hydroxyl groups excluding tert-OH is 1. The maximum atomic E-state index is 8.40. The van der Waals surface area contributed by atoms with Gasteiger partial charge in [0.15, 0.2) is 0 Å². The molecule has 3 heteroatoms. The van der Waals surface area contributed by atoms with E-state index in [1.54, 1.807) is 23.0 Å². The van der Waals surface area contributed by atoms with Gasteiger partial charge in [0.05, 0.1) is 12.7 Å². The van der Waals surface area contributed by atoms with Crippen molar-refractivity contribution < 1.29 is 8.17 Å². The number of halogens is 1. The van der Waals surface area contributed by atoms with Crippen molar-refractivity contribution in [3.05, 3.63) is 0 Å². The van der Waals surface area contributed by atoms with Crippen LogP contribution >= 0.6 is 23.0 Å². The zero-order chi connectivity index (χ0) is 5.70. The van der Waals surface area contributed by atoms with Crippen LogP contribution < -0.4 is 0 Å². The summed E-state index contributed by atoms with van der Waals surface area (Å²) in [6, 6.07) is 0. The molecule has 0 radical (unpaired) electrons. The molecule has 0 rings (SSSR count). The Labute approximate surface area is 57.6 Å². The third kappa shape index (κ3) is 3.25. The molecule has 7 heavy (non-hydrogen) atoms. The summed E-state index contributed by atoms with van der Waals surface area (Å²) in [6.45, 7) is 2.10. The minimum absolute atomic E-state index is 0.0283. The smallest absolute Gasteiger partial charge is 0.110 e. The van der Waals surface area contributed by atoms with Crippen LogP contribution in [-0.2, 0) is 3.07 Å². The fourth-order valence-electron chi connectivity index (χ4n) is 0.220. The van der Waals surface area contributed by atoms with Crippen molar-refractivity contribution in [2.75, 3.05) is 6.61 Å². The molecule has 1 N–H and O–H groups in total. The van der Waals surface area contributed by atoms with E-state index in [0.717, 1.165) is 6.42 Å². The van der Waals surface area contributed by atoms with Gasteiger partial charge in [-0.3, -0.25) is 0 Å². The van der Waals surface area contributed by atoms with Gasteiger partial charge in [0.25, 0.3) is 0 Å². The molecule has 0 aromatic rings. The molecule has 1 unspecified atom stereocenters. The molecule has 0 spiro atoms. The number of rotatable bonds is 3. The lowest BCUT2D eigenvalue weighted by Crippen LogP contribution is -2.10. The van der Waals surface area contributed by atoms with Crippen molar-refractivity contribution in [1.82, 2.24) is 0 Å². The van der Waals surface area contributed by atoms with Crippen LogP contribution in [0.4, 0.5) is 0 Å². The Morgan fingerprint density at radius 1 is 1.86 bits per heavy atom. The van der Waals surface area contributed by atoms with Crippen molar-refractivity contribution in [3.63, 3.8) is 0 Å². The Bertz CT molecular complexity index is 31.2. The average molecular weight is 216 g/mol. The van der Waals surface area contributed by atoms with Crippen molar-refractivity contribution in [1.29, 1.82) is 0 Å². The van der Waals surface area contributed by atoms with E-state index in [2.05, 4.69) is 0 Å². The molecule has 0 aromatic carbocycles. The average Bonchev–Trinajstić information content (AvgIpc) is 1.72. The van der Waals surface area contributed by atoms with Gasteiger partial charge in [0.2, 0.25) is 0 Å². The minimum Gasteiger partial charge on any atom is -0.394 e. The van der Waals surface area contributed by atoms with Gasteiger partial charge in [-0.15, -0.1) is 0 Å². The Balaban J connectivity index is 2.99. The van der Waals surface area contributed by atoms with Gasteiger partial charge >= 0.3 is 0 Å². The van der Waals surface area contributed by atoms with E-state index < -0.39 is 0 Å². The fourth-order valence-corrected chi connectivity index (χ4v) is 0.741. The molecule has 0 aliphatic carbocycles. The maximum absolute atomic E-state index is 8.40. The van der Waals surface area contributed by atoms with Gasteiger partial charge < -0.3 is 8.17 Å². The highest BCUT2D eigenvalue weighted by atomic mass is 127. The molecule has 0 heterocycles. The molecule has 1 atom stereocenters. The van der Waals surface area contributed by atoms with Crippen molar-refractivity contribution in [2.24, 2.45) is 0 Å². The third-order valence-electron chi connectivity index (χ3n) is 0.785. The van der Waals surface area contributed by atoms with E-state index in [9.17, 15) is 0 Å². The molecule has 2 nitrogen and oxygen atoms in total. The van der Waals surface area contributed by atoms with Gasteiger partial charge in [-0.1, -0.05) is 6.92 Å². The molecular formula is C4H9IO2. The van der Waals surface area contributed by atoms with E-state index in [4.69, 9.17) is 8.17 Å². The first-order valence-electron chi connectivity index (χ1n) is 2.23. The van der Waals surface area contributed by atoms with Crippen molar-refractivity contribution in [2.45, 2.75) is 19.4 Å². The monoisotopic (exact) mass is 216 g/mol. The van der Waals surface area contributed by atoms with E-state index in [1.807, 2.05) is 6.92 Å². The topological polar surface area (TPSA) is 29.5 Å². The number of aliphatic hydroxyl groups is 1. The standard InChI is InChI=1S/C4H9IO2/c1-2-4(3-6)7-5/h4,6H,2-3H2,1H3. The summed E-state index contributed by atoms with van der Waals surface area (Å²) < 4.78 is 4.77. The quantitative estimate of drug-likeness (QED) is 0.716. The summed E-state index contributed by atoms with van der Waals surface area (Å²) >= 11 is 1.79. The molecule has 44 valence electrons. The Hall–Kier alpha value is 0.650. The second-order valence-electron chi connectivity index (χ2n) is 1.30. The molecule has 0 amide bonds. The predicted molar refractivity (Wildman–Crippen MR) is 36.3 cm³/mol. The zero-order valence-electron chi connectivity index (χ0n) is 4.22. The highest BCUT2D eigenvalue weighted by Gasteiger charge is 1.99. The fraction of sp³-hybridized carbons (Fsp3) is 1.00. The lowest BCUT2D eigenvalue weighted by atomic mass is 10.3. The minimum atomic E-state index is 0.0283. The summed E-state index contributed by atoms with van der Waals surface area (Å²) in [5.74, 6) is 0. The van der Waals surface area contributed by atoms with Crippen LogP contribution in [0.5, 0.6) is 0 Å². The van der Waals surface area contributed by atoms with Gasteiger partial charge in [-0.25, -0.2) is 0 Å². The molecule has 0 aliphatic heterocycles. The van der Waals surface area contributed by atoms with E-state index in [1.165, 1.54) is 0 Å². The van der Waals surface area contributed by atoms with E-state index >= 15 is 0 Å². The van der Waals surface area contributed by atoms with E-state index in [0.29, 0.717) is 0 Å². The predicted octanol–water partition coefficient (Wildman–Crippen LogP) is 1.12. The van der Waals surface area contributed by atoms with E-state index in [-0.39, 0.29) is 12.7 Å². The van der Waals surface area contributed by atoms with Gasteiger partial charge in [-0.2, -0.15) is 0 Å². The van der Waals surface area contributed by atoms with Crippen LogP contribution in [0.1, 0.15) is 13.3 Å². The normalized spacial score (nSPS) is 14.1. The van der Waals surface area contributed by atoms with Crippen LogP contribution in [0, 0.1) is 0 Å². The number of hydrogen-bond donors (Lipinski definition) is 1. The first-order valence-corrected chi connectivity index (χ1v) is 3.11. The SMILES string of the molecule is CCC(CO)OI. The Morgan fingerprint density at radius 2 is 2.43 bits per heavy atom. The summed E-state index contributed by atoms with van der Waals surface area (Å²) in [7, 11) is 0. The molecule has 0 fully saturated rings. The zero-order valence-corrected chi connectivity index (χ0v) is 6.38. The molecule has 0 saturated heterocycles. The summed E-state index contributed by atoms with van der Waals surface area (Å²) in [4.78, 5) is 0. The summed E-state index contributed by atoms with van der Waals surface area (Å²) in [5, 5.41) is 8.40. The second kappa shape index (κ2) is 4.80. The van der Waals surface area contributed by atoms with Crippen molar-refractivity contribution in [3.8, 4) is 0 Å². The first-order chi connectivity index (χ1) is 3.35. The van der Waals surface area contributed by atoms with Gasteiger partial charge in [0, 0.05) is 0 Å². The second-order valence-corrected chi connectivity index (χ2v) is 1.81. The molecule has 0 aromatic heterocycles. The van der Waals surface area contributed by atoms with Crippen LogP contribution in [-0.4, -0.2) is 17.8 Å². The van der Waals surface area contributed by atoms with Crippen LogP contribution in [0.3, 0.4) is 0 Å². The van der Waals surface area contributed by atoms with Gasteiger partial charge in [-0.05, 0) is 6.42 Å². The Kier molecular flexibility index (Phi) is 5.25. The highest BCUT2D eigenvalue weighted by molar-refractivity contribution is 14.1. The largest absolute Gasteiger partial charge is 0.394 e.